The van der Waals surface area contributed by atoms with Crippen LogP contribution in [-0.4, -0.2) is 15.0 Å². The number of nitrogens with zero attached hydrogens (tertiary/aromatic N) is 3. The van der Waals surface area contributed by atoms with Crippen LogP contribution >= 0.6 is 31.9 Å². The zero-order chi connectivity index (χ0) is 15.1. The first-order valence-electron chi connectivity index (χ1n) is 5.39. The maximum Gasteiger partial charge on any atom is 0.416 e. The number of benzene rings is 1. The molecule has 0 saturated carbocycles. The van der Waals surface area contributed by atoms with E-state index < -0.39 is 17.8 Å². The summed E-state index contributed by atoms with van der Waals surface area (Å²) < 4.78 is 41.3. The number of rotatable bonds is 2. The first-order valence-corrected chi connectivity index (χ1v) is 6.97. The number of hydrogen-bond donors (Lipinski definition) is 1. The predicted molar refractivity (Wildman–Crippen MR) is 73.9 cm³/mol. The van der Waals surface area contributed by atoms with Gasteiger partial charge in [-0.25, -0.2) is 4.68 Å². The molecule has 0 aliphatic heterocycles. The van der Waals surface area contributed by atoms with Crippen LogP contribution in [0.4, 0.5) is 13.2 Å². The van der Waals surface area contributed by atoms with Crippen LogP contribution in [0.25, 0.3) is 0 Å². The predicted octanol–water partition coefficient (Wildman–Crippen LogP) is 3.41. The summed E-state index contributed by atoms with van der Waals surface area (Å²) in [4.78, 5) is 0. The Morgan fingerprint density at radius 3 is 2.45 bits per heavy atom. The van der Waals surface area contributed by atoms with E-state index in [1.165, 1.54) is 16.8 Å². The average Bonchev–Trinajstić information content (AvgIpc) is 2.67. The van der Waals surface area contributed by atoms with Gasteiger partial charge in [0.1, 0.15) is 0 Å². The molecule has 0 saturated heterocycles. The molecule has 1 unspecified atom stereocenters. The molecule has 2 N–H and O–H groups in total. The van der Waals surface area contributed by atoms with Crippen LogP contribution in [0.1, 0.15) is 22.9 Å². The maximum absolute atomic E-state index is 13.1. The minimum Gasteiger partial charge on any atom is -0.319 e. The van der Waals surface area contributed by atoms with Crippen molar-refractivity contribution in [3.05, 3.63) is 44.1 Å². The Morgan fingerprint density at radius 2 is 1.95 bits per heavy atom. The van der Waals surface area contributed by atoms with Crippen molar-refractivity contribution in [2.24, 2.45) is 12.8 Å². The van der Waals surface area contributed by atoms with Crippen molar-refractivity contribution < 1.29 is 13.2 Å². The van der Waals surface area contributed by atoms with Crippen LogP contribution in [0, 0.1) is 0 Å². The summed E-state index contributed by atoms with van der Waals surface area (Å²) in [5.41, 5.74) is 5.52. The fourth-order valence-electron chi connectivity index (χ4n) is 1.86. The van der Waals surface area contributed by atoms with E-state index >= 15 is 0 Å². The van der Waals surface area contributed by atoms with E-state index in [9.17, 15) is 13.2 Å². The molecule has 0 spiro atoms. The van der Waals surface area contributed by atoms with Gasteiger partial charge in [-0.05, 0) is 33.6 Å². The van der Waals surface area contributed by atoms with E-state index in [0.29, 0.717) is 14.8 Å². The molecule has 0 aliphatic rings. The molecular formula is C11H9Br2F3N4. The van der Waals surface area contributed by atoms with Crippen molar-refractivity contribution in [3.63, 3.8) is 0 Å². The van der Waals surface area contributed by atoms with Gasteiger partial charge in [0.05, 0.1) is 17.3 Å². The zero-order valence-corrected chi connectivity index (χ0v) is 13.3. The monoisotopic (exact) mass is 412 g/mol. The summed E-state index contributed by atoms with van der Waals surface area (Å²) in [6.07, 6.45) is -4.49. The number of nitrogens with two attached hydrogens (primary N) is 1. The Hall–Kier alpha value is -0.930. The molecule has 2 rings (SSSR count). The van der Waals surface area contributed by atoms with Crippen LogP contribution in [0.15, 0.2) is 27.3 Å². The lowest BCUT2D eigenvalue weighted by Gasteiger charge is -2.19. The average molecular weight is 414 g/mol. The highest BCUT2D eigenvalue weighted by molar-refractivity contribution is 9.10. The Kier molecular flexibility index (Phi) is 4.22. The molecule has 1 aromatic carbocycles. The van der Waals surface area contributed by atoms with Crippen LogP contribution in [0.3, 0.4) is 0 Å². The zero-order valence-electron chi connectivity index (χ0n) is 10.1. The first-order chi connectivity index (χ1) is 9.21. The lowest BCUT2D eigenvalue weighted by atomic mass is 9.98. The molecule has 1 aromatic heterocycles. The maximum atomic E-state index is 13.1. The Bertz CT molecular complexity index is 620. The molecule has 1 heterocycles. The smallest absolute Gasteiger partial charge is 0.319 e. The van der Waals surface area contributed by atoms with Gasteiger partial charge < -0.3 is 5.73 Å². The van der Waals surface area contributed by atoms with Gasteiger partial charge in [-0.2, -0.15) is 13.2 Å². The largest absolute Gasteiger partial charge is 0.416 e. The Labute approximate surface area is 129 Å². The molecule has 0 radical (unpaired) electrons. The van der Waals surface area contributed by atoms with Crippen molar-refractivity contribution in [2.45, 2.75) is 12.2 Å². The summed E-state index contributed by atoms with van der Waals surface area (Å²) >= 11 is 6.18. The fraction of sp³-hybridized carbons (Fsp3) is 0.273. The molecule has 108 valence electrons. The number of hydrogen-bond acceptors (Lipinski definition) is 3. The van der Waals surface area contributed by atoms with Gasteiger partial charge in [0.15, 0.2) is 4.60 Å². The second-order valence-corrected chi connectivity index (χ2v) is 5.76. The van der Waals surface area contributed by atoms with E-state index in [2.05, 4.69) is 42.2 Å². The lowest BCUT2D eigenvalue weighted by molar-refractivity contribution is -0.138. The molecule has 2 aromatic rings. The minimum atomic E-state index is -4.49. The topological polar surface area (TPSA) is 56.7 Å². The lowest BCUT2D eigenvalue weighted by Crippen LogP contribution is -2.21. The van der Waals surface area contributed by atoms with E-state index in [-0.39, 0.29) is 5.56 Å². The number of aromatic nitrogens is 3. The number of halogens is 5. The quantitative estimate of drug-likeness (QED) is 0.820. The Morgan fingerprint density at radius 1 is 1.30 bits per heavy atom. The van der Waals surface area contributed by atoms with Crippen molar-refractivity contribution in [2.75, 3.05) is 0 Å². The first kappa shape index (κ1) is 15.5. The molecule has 20 heavy (non-hydrogen) atoms. The molecule has 0 amide bonds. The minimum absolute atomic E-state index is 0.0354. The van der Waals surface area contributed by atoms with Gasteiger partial charge >= 0.3 is 6.18 Å². The third-order valence-electron chi connectivity index (χ3n) is 2.78. The van der Waals surface area contributed by atoms with Crippen LogP contribution in [-0.2, 0) is 13.2 Å². The van der Waals surface area contributed by atoms with E-state index in [1.807, 2.05) is 0 Å². The summed E-state index contributed by atoms with van der Waals surface area (Å²) in [7, 11) is 1.57. The summed E-state index contributed by atoms with van der Waals surface area (Å²) in [6, 6.07) is 2.88. The molecule has 1 atom stereocenters. The molecule has 4 nitrogen and oxygen atoms in total. The van der Waals surface area contributed by atoms with Crippen molar-refractivity contribution in [1.82, 2.24) is 15.0 Å². The molecule has 0 fully saturated rings. The van der Waals surface area contributed by atoms with Crippen LogP contribution < -0.4 is 5.73 Å². The third kappa shape index (κ3) is 2.89. The molecule has 9 heteroatoms. The van der Waals surface area contributed by atoms with Crippen molar-refractivity contribution in [1.29, 1.82) is 0 Å². The standard InChI is InChI=1S/C11H9Br2F3N4/c1-20-9(10(13)18-19-20)8(17)6-3-2-5(12)4-7(6)11(14,15)16/h2-4,8H,17H2,1H3. The van der Waals surface area contributed by atoms with Crippen LogP contribution in [0.2, 0.25) is 0 Å². The van der Waals surface area contributed by atoms with Gasteiger partial charge in [-0.3, -0.25) is 0 Å². The second kappa shape index (κ2) is 5.45. The van der Waals surface area contributed by atoms with Crippen molar-refractivity contribution >= 4 is 31.9 Å². The summed E-state index contributed by atoms with van der Waals surface area (Å²) in [6.45, 7) is 0. The normalized spacial score (nSPS) is 13.6. The number of alkyl halides is 3. The molecule has 0 aliphatic carbocycles. The van der Waals surface area contributed by atoms with Gasteiger partial charge in [0.2, 0.25) is 0 Å². The highest BCUT2D eigenvalue weighted by Crippen LogP contribution is 2.38. The second-order valence-electron chi connectivity index (χ2n) is 4.10. The van der Waals surface area contributed by atoms with Crippen molar-refractivity contribution in [3.8, 4) is 0 Å². The van der Waals surface area contributed by atoms with Crippen LogP contribution in [0.5, 0.6) is 0 Å². The van der Waals surface area contributed by atoms with E-state index in [0.717, 1.165) is 6.07 Å². The Balaban J connectivity index is 2.58. The number of aryl methyl sites for hydroxylation is 1. The summed E-state index contributed by atoms with van der Waals surface area (Å²) in [5.74, 6) is 0. The summed E-state index contributed by atoms with van der Waals surface area (Å²) in [5, 5.41) is 7.45. The molecular weight excluding hydrogens is 405 g/mol. The van der Waals surface area contributed by atoms with Gasteiger partial charge in [0, 0.05) is 11.5 Å². The third-order valence-corrected chi connectivity index (χ3v) is 3.84. The van der Waals surface area contributed by atoms with E-state index in [1.54, 1.807) is 7.05 Å². The fourth-order valence-corrected chi connectivity index (χ4v) is 2.80. The molecule has 0 bridgehead atoms. The SMILES string of the molecule is Cn1nnc(Br)c1C(N)c1ccc(Br)cc1C(F)(F)F. The van der Waals surface area contributed by atoms with E-state index in [4.69, 9.17) is 5.73 Å². The van der Waals surface area contributed by atoms with Gasteiger partial charge in [0.25, 0.3) is 0 Å². The highest BCUT2D eigenvalue weighted by Gasteiger charge is 2.36. The van der Waals surface area contributed by atoms with Gasteiger partial charge in [-0.15, -0.1) is 5.10 Å². The highest BCUT2D eigenvalue weighted by atomic mass is 79.9. The van der Waals surface area contributed by atoms with Gasteiger partial charge in [-0.1, -0.05) is 27.2 Å².